The van der Waals surface area contributed by atoms with E-state index in [2.05, 4.69) is 10.1 Å². The lowest BCUT2D eigenvalue weighted by atomic mass is 10.1. The molecule has 1 aromatic heterocycles. The average Bonchev–Trinajstić information content (AvgIpc) is 3.23. The van der Waals surface area contributed by atoms with E-state index in [9.17, 15) is 13.2 Å². The first-order valence-electron chi connectivity index (χ1n) is 9.13. The van der Waals surface area contributed by atoms with Crippen molar-refractivity contribution in [3.8, 4) is 5.69 Å². The van der Waals surface area contributed by atoms with E-state index in [0.717, 1.165) is 51.2 Å². The third-order valence-corrected chi connectivity index (χ3v) is 7.99. The van der Waals surface area contributed by atoms with Gasteiger partial charge in [-0.25, -0.2) is 8.42 Å². The number of halogens is 1. The fraction of sp³-hybridized carbons (Fsp3) is 0.200. The number of carbonyl (C=O) groups is 1. The Balaban J connectivity index is 1.79. The van der Waals surface area contributed by atoms with Crippen molar-refractivity contribution in [2.24, 2.45) is 10.1 Å². The molecule has 4 rings (SSSR count). The Hall–Kier alpha value is -2.69. The molecule has 2 aliphatic rings. The van der Waals surface area contributed by atoms with E-state index in [1.165, 1.54) is 0 Å². The van der Waals surface area contributed by atoms with Crippen molar-refractivity contribution < 1.29 is 13.2 Å². The maximum Gasteiger partial charge on any atom is 0.283 e. The molecule has 0 atom stereocenters. The minimum absolute atomic E-state index is 0.0333. The summed E-state index contributed by atoms with van der Waals surface area (Å²) in [5.74, 6) is -0.831. The van der Waals surface area contributed by atoms with Crippen molar-refractivity contribution in [3.05, 3.63) is 57.4 Å². The highest BCUT2D eigenvalue weighted by Crippen LogP contribution is 2.32. The molecular formula is C20H18ClN5O3S2. The van der Waals surface area contributed by atoms with Gasteiger partial charge in [0, 0.05) is 28.4 Å². The molecule has 8 nitrogen and oxygen atoms in total. The SMILES string of the molecule is Cc1c(Cl)cccc1-n1c(C)cc(/C=C2/C(=N)N3N=C(S(C)(=O)=O)SC3=NC2=O)c1C. The van der Waals surface area contributed by atoms with Gasteiger partial charge in [0.05, 0.1) is 5.57 Å². The Kier molecular flexibility index (Phi) is 5.19. The molecule has 160 valence electrons. The molecule has 0 radical (unpaired) electrons. The molecule has 0 aliphatic carbocycles. The van der Waals surface area contributed by atoms with Crippen molar-refractivity contribution >= 4 is 60.6 Å². The summed E-state index contributed by atoms with van der Waals surface area (Å²) in [5, 5.41) is 14.2. The van der Waals surface area contributed by atoms with Crippen LogP contribution in [0.15, 0.2) is 39.9 Å². The molecule has 1 amide bonds. The third kappa shape index (κ3) is 3.64. The largest absolute Gasteiger partial charge is 0.318 e. The van der Waals surface area contributed by atoms with Gasteiger partial charge in [0.25, 0.3) is 5.91 Å². The molecule has 0 spiro atoms. The number of hydrogen-bond donors (Lipinski definition) is 1. The first kappa shape index (κ1) is 21.5. The minimum atomic E-state index is -3.58. The minimum Gasteiger partial charge on any atom is -0.318 e. The number of aryl methyl sites for hydroxylation is 1. The number of benzene rings is 1. The fourth-order valence-corrected chi connectivity index (χ4v) is 5.28. The number of aromatic nitrogens is 1. The van der Waals surface area contributed by atoms with Crippen LogP contribution in [0, 0.1) is 26.2 Å². The van der Waals surface area contributed by atoms with Crippen LogP contribution in [0.5, 0.6) is 0 Å². The topological polar surface area (TPSA) is 108 Å². The van der Waals surface area contributed by atoms with Gasteiger partial charge in [-0.2, -0.15) is 10.0 Å². The first-order valence-corrected chi connectivity index (χ1v) is 12.2. The monoisotopic (exact) mass is 475 g/mol. The molecule has 0 unspecified atom stereocenters. The van der Waals surface area contributed by atoms with Gasteiger partial charge in [-0.15, -0.1) is 5.10 Å². The highest BCUT2D eigenvalue weighted by molar-refractivity contribution is 8.42. The molecule has 0 bridgehead atoms. The number of nitrogens with one attached hydrogen (secondary N) is 1. The predicted molar refractivity (Wildman–Crippen MR) is 125 cm³/mol. The summed E-state index contributed by atoms with van der Waals surface area (Å²) in [4.78, 5) is 16.6. The zero-order chi connectivity index (χ0) is 22.7. The van der Waals surface area contributed by atoms with E-state index in [1.54, 1.807) is 6.08 Å². The molecule has 0 saturated heterocycles. The number of carbonyl (C=O) groups excluding carboxylic acids is 1. The van der Waals surface area contributed by atoms with E-state index in [1.807, 2.05) is 49.6 Å². The van der Waals surface area contributed by atoms with Crippen LogP contribution < -0.4 is 0 Å². The Bertz CT molecular complexity index is 1370. The van der Waals surface area contributed by atoms with Gasteiger partial charge >= 0.3 is 0 Å². The number of fused-ring (bicyclic) bond motifs is 1. The van der Waals surface area contributed by atoms with Crippen LogP contribution in [0.3, 0.4) is 0 Å². The summed E-state index contributed by atoms with van der Waals surface area (Å²) >= 11 is 7.05. The van der Waals surface area contributed by atoms with Gasteiger partial charge in [0.2, 0.25) is 19.4 Å². The van der Waals surface area contributed by atoms with Crippen molar-refractivity contribution in [2.75, 3.05) is 6.26 Å². The molecule has 1 aromatic carbocycles. The second kappa shape index (κ2) is 7.47. The summed E-state index contributed by atoms with van der Waals surface area (Å²) in [6, 6.07) is 7.58. The number of amides is 1. The summed E-state index contributed by atoms with van der Waals surface area (Å²) in [6.07, 6.45) is 2.61. The lowest BCUT2D eigenvalue weighted by molar-refractivity contribution is -0.114. The molecule has 2 aliphatic heterocycles. The van der Waals surface area contributed by atoms with Crippen LogP contribution in [-0.4, -0.2) is 45.5 Å². The van der Waals surface area contributed by atoms with Gasteiger partial charge in [0.1, 0.15) is 0 Å². The zero-order valence-electron chi connectivity index (χ0n) is 17.1. The summed E-state index contributed by atoms with van der Waals surface area (Å²) in [7, 11) is -3.58. The van der Waals surface area contributed by atoms with Crippen molar-refractivity contribution in [2.45, 2.75) is 20.8 Å². The molecule has 1 N–H and O–H groups in total. The van der Waals surface area contributed by atoms with E-state index in [0.29, 0.717) is 5.02 Å². The summed E-state index contributed by atoms with van der Waals surface area (Å²) in [6.45, 7) is 5.80. The zero-order valence-corrected chi connectivity index (χ0v) is 19.5. The fourth-order valence-electron chi connectivity index (χ4n) is 3.42. The maximum atomic E-state index is 12.6. The van der Waals surface area contributed by atoms with E-state index < -0.39 is 15.7 Å². The highest BCUT2D eigenvalue weighted by Gasteiger charge is 2.38. The number of thioether (sulfide) groups is 1. The highest BCUT2D eigenvalue weighted by atomic mass is 35.5. The number of aliphatic imine (C=N–C) groups is 1. The smallest absolute Gasteiger partial charge is 0.283 e. The molecule has 2 aromatic rings. The van der Waals surface area contributed by atoms with Crippen molar-refractivity contribution in [3.63, 3.8) is 0 Å². The Morgan fingerprint density at radius 2 is 1.94 bits per heavy atom. The van der Waals surface area contributed by atoms with E-state index in [-0.39, 0.29) is 21.0 Å². The lowest BCUT2D eigenvalue weighted by Gasteiger charge is -2.20. The molecule has 0 fully saturated rings. The van der Waals surface area contributed by atoms with Gasteiger partial charge in [-0.3, -0.25) is 10.2 Å². The Morgan fingerprint density at radius 1 is 1.23 bits per heavy atom. The van der Waals surface area contributed by atoms with E-state index in [4.69, 9.17) is 17.0 Å². The number of rotatable bonds is 2. The van der Waals surface area contributed by atoms with Crippen LogP contribution in [0.2, 0.25) is 5.02 Å². The number of hydrazone groups is 1. The molecule has 3 heterocycles. The Morgan fingerprint density at radius 3 is 2.61 bits per heavy atom. The van der Waals surface area contributed by atoms with Crippen LogP contribution >= 0.6 is 23.4 Å². The average molecular weight is 476 g/mol. The number of sulfone groups is 1. The van der Waals surface area contributed by atoms with Gasteiger partial charge in [-0.1, -0.05) is 17.7 Å². The second-order valence-electron chi connectivity index (χ2n) is 7.20. The van der Waals surface area contributed by atoms with Crippen molar-refractivity contribution in [1.29, 1.82) is 5.41 Å². The summed E-state index contributed by atoms with van der Waals surface area (Å²) < 4.78 is 25.4. The normalized spacial score (nSPS) is 17.8. The standard InChI is InChI=1S/C20H18ClN5O3S2/c1-10-8-13(12(3)25(10)16-7-5-6-15(21)11(16)2)9-14-17(22)26-19(23-18(14)27)30-20(24-26)31(4,28)29/h5-9,22H,1-4H3/b14-9-,22-17?. The number of hydrogen-bond acceptors (Lipinski definition) is 6. The van der Waals surface area contributed by atoms with Crippen molar-refractivity contribution in [1.82, 2.24) is 9.58 Å². The molecule has 11 heteroatoms. The van der Waals surface area contributed by atoms with Gasteiger partial charge in [-0.05, 0) is 67.9 Å². The number of nitrogens with zero attached hydrogens (tertiary/aromatic N) is 4. The van der Waals surface area contributed by atoms with Crippen LogP contribution in [0.25, 0.3) is 11.8 Å². The first-order chi connectivity index (χ1) is 14.5. The maximum absolute atomic E-state index is 12.6. The Labute approximate surface area is 188 Å². The van der Waals surface area contributed by atoms with Crippen LogP contribution in [0.1, 0.15) is 22.5 Å². The molecule has 31 heavy (non-hydrogen) atoms. The van der Waals surface area contributed by atoms with Crippen LogP contribution in [-0.2, 0) is 14.6 Å². The third-order valence-electron chi connectivity index (χ3n) is 5.00. The molecule has 0 saturated carbocycles. The second-order valence-corrected chi connectivity index (χ2v) is 10.8. The summed E-state index contributed by atoms with van der Waals surface area (Å²) in [5.41, 5.74) is 4.42. The predicted octanol–water partition coefficient (Wildman–Crippen LogP) is 3.68. The quantitative estimate of drug-likeness (QED) is 0.666. The van der Waals surface area contributed by atoms with E-state index >= 15 is 0 Å². The van der Waals surface area contributed by atoms with Gasteiger partial charge in [0.15, 0.2) is 5.84 Å². The van der Waals surface area contributed by atoms with Gasteiger partial charge < -0.3 is 4.57 Å². The number of amidine groups is 2. The van der Waals surface area contributed by atoms with Crippen LogP contribution in [0.4, 0.5) is 0 Å². The molecular weight excluding hydrogens is 458 g/mol. The lowest BCUT2D eigenvalue weighted by Crippen LogP contribution is -2.35.